The molecule has 1 unspecified atom stereocenters. The maximum atomic E-state index is 11.4. The Labute approximate surface area is 109 Å². The summed E-state index contributed by atoms with van der Waals surface area (Å²) in [7, 11) is 3.54. The first-order valence-electron chi connectivity index (χ1n) is 6.63. The number of nitrogens with zero attached hydrogens (tertiary/aromatic N) is 2. The average molecular weight is 256 g/mol. The third-order valence-electron chi connectivity index (χ3n) is 3.43. The molecule has 1 aliphatic rings. The van der Waals surface area contributed by atoms with Gasteiger partial charge in [0.2, 0.25) is 5.91 Å². The van der Waals surface area contributed by atoms with Crippen molar-refractivity contribution in [2.24, 2.45) is 5.92 Å². The average Bonchev–Trinajstić information content (AvgIpc) is 2.28. The molecule has 0 aromatic carbocycles. The number of rotatable bonds is 6. The van der Waals surface area contributed by atoms with Gasteiger partial charge in [0, 0.05) is 33.5 Å². The number of carboxylic acids is 1. The highest BCUT2D eigenvalue weighted by Crippen LogP contribution is 2.19. The normalized spacial score (nSPS) is 20.7. The number of hydrogen-bond acceptors (Lipinski definition) is 3. The molecule has 1 aliphatic heterocycles. The first-order valence-corrected chi connectivity index (χ1v) is 6.63. The Balaban J connectivity index is 2.22. The van der Waals surface area contributed by atoms with E-state index in [0.717, 1.165) is 38.9 Å². The van der Waals surface area contributed by atoms with Crippen molar-refractivity contribution in [1.82, 2.24) is 9.80 Å². The zero-order chi connectivity index (χ0) is 13.5. The Kier molecular flexibility index (Phi) is 6.12. The quantitative estimate of drug-likeness (QED) is 0.771. The molecule has 5 nitrogen and oxygen atoms in total. The molecule has 1 saturated heterocycles. The number of carboxylic acid groups (broad SMARTS) is 1. The predicted octanol–water partition coefficient (Wildman–Crippen LogP) is 1.04. The van der Waals surface area contributed by atoms with Gasteiger partial charge in [0.05, 0.1) is 0 Å². The highest BCUT2D eigenvalue weighted by Gasteiger charge is 2.21. The number of hydrogen-bond donors (Lipinski definition) is 1. The third-order valence-corrected chi connectivity index (χ3v) is 3.43. The summed E-state index contributed by atoms with van der Waals surface area (Å²) >= 11 is 0. The summed E-state index contributed by atoms with van der Waals surface area (Å²) in [6.07, 6.45) is 3.79. The molecule has 0 aliphatic carbocycles. The molecule has 0 bridgehead atoms. The third kappa shape index (κ3) is 5.49. The second kappa shape index (κ2) is 7.36. The standard InChI is InChI=1S/C13H24N2O3/c1-14(2)12(16)6-4-8-15-7-3-5-11(10-15)9-13(17)18/h11H,3-10H2,1-2H3,(H,17,18). The lowest BCUT2D eigenvalue weighted by molar-refractivity contribution is -0.138. The lowest BCUT2D eigenvalue weighted by atomic mass is 9.95. The molecule has 0 aromatic rings. The van der Waals surface area contributed by atoms with E-state index in [2.05, 4.69) is 4.90 Å². The van der Waals surface area contributed by atoms with Gasteiger partial charge < -0.3 is 14.9 Å². The van der Waals surface area contributed by atoms with E-state index >= 15 is 0 Å². The van der Waals surface area contributed by atoms with Crippen molar-refractivity contribution in [3.8, 4) is 0 Å². The van der Waals surface area contributed by atoms with Gasteiger partial charge in [-0.2, -0.15) is 0 Å². The van der Waals surface area contributed by atoms with Crippen LogP contribution < -0.4 is 0 Å². The maximum absolute atomic E-state index is 11.4. The van der Waals surface area contributed by atoms with Crippen molar-refractivity contribution in [2.45, 2.75) is 32.1 Å². The second-order valence-corrected chi connectivity index (χ2v) is 5.30. The monoisotopic (exact) mass is 256 g/mol. The summed E-state index contributed by atoms with van der Waals surface area (Å²) in [6.45, 7) is 2.80. The van der Waals surface area contributed by atoms with Gasteiger partial charge in [0.15, 0.2) is 0 Å². The van der Waals surface area contributed by atoms with E-state index in [1.165, 1.54) is 0 Å². The van der Waals surface area contributed by atoms with Crippen LogP contribution in [0.1, 0.15) is 32.1 Å². The highest BCUT2D eigenvalue weighted by molar-refractivity contribution is 5.75. The zero-order valence-corrected chi connectivity index (χ0v) is 11.4. The van der Waals surface area contributed by atoms with Gasteiger partial charge in [-0.1, -0.05) is 0 Å². The first-order chi connectivity index (χ1) is 8.49. The fourth-order valence-electron chi connectivity index (χ4n) is 2.45. The van der Waals surface area contributed by atoms with Gasteiger partial charge in [0.1, 0.15) is 0 Å². The molecule has 1 atom stereocenters. The first kappa shape index (κ1) is 15.0. The smallest absolute Gasteiger partial charge is 0.303 e. The fraction of sp³-hybridized carbons (Fsp3) is 0.846. The van der Waals surface area contributed by atoms with Crippen molar-refractivity contribution in [3.05, 3.63) is 0 Å². The van der Waals surface area contributed by atoms with Gasteiger partial charge in [-0.15, -0.1) is 0 Å². The van der Waals surface area contributed by atoms with Crippen LogP contribution in [0.5, 0.6) is 0 Å². The van der Waals surface area contributed by atoms with Gasteiger partial charge in [-0.3, -0.25) is 9.59 Å². The number of amides is 1. The van der Waals surface area contributed by atoms with Gasteiger partial charge in [-0.05, 0) is 38.3 Å². The molecule has 5 heteroatoms. The SMILES string of the molecule is CN(C)C(=O)CCCN1CCCC(CC(=O)O)C1. The zero-order valence-electron chi connectivity index (χ0n) is 11.4. The second-order valence-electron chi connectivity index (χ2n) is 5.30. The lowest BCUT2D eigenvalue weighted by Gasteiger charge is -2.32. The van der Waals surface area contributed by atoms with Crippen LogP contribution in [-0.2, 0) is 9.59 Å². The summed E-state index contributed by atoms with van der Waals surface area (Å²) in [5.41, 5.74) is 0. The highest BCUT2D eigenvalue weighted by atomic mass is 16.4. The van der Waals surface area contributed by atoms with Gasteiger partial charge >= 0.3 is 5.97 Å². The Morgan fingerprint density at radius 1 is 1.39 bits per heavy atom. The van der Waals surface area contributed by atoms with E-state index in [1.54, 1.807) is 19.0 Å². The van der Waals surface area contributed by atoms with Crippen LogP contribution in [0.4, 0.5) is 0 Å². The molecular formula is C13H24N2O3. The number of piperidine rings is 1. The van der Waals surface area contributed by atoms with Crippen LogP contribution in [0.15, 0.2) is 0 Å². The maximum Gasteiger partial charge on any atom is 0.303 e. The molecule has 1 N–H and O–H groups in total. The molecule has 104 valence electrons. The Morgan fingerprint density at radius 3 is 2.72 bits per heavy atom. The number of carbonyl (C=O) groups is 2. The molecular weight excluding hydrogens is 232 g/mol. The predicted molar refractivity (Wildman–Crippen MR) is 69.3 cm³/mol. The molecule has 1 amide bonds. The minimum atomic E-state index is -0.704. The minimum absolute atomic E-state index is 0.161. The largest absolute Gasteiger partial charge is 0.481 e. The van der Waals surface area contributed by atoms with E-state index in [9.17, 15) is 9.59 Å². The van der Waals surface area contributed by atoms with E-state index in [1.807, 2.05) is 0 Å². The van der Waals surface area contributed by atoms with Crippen LogP contribution in [0, 0.1) is 5.92 Å². The van der Waals surface area contributed by atoms with Crippen molar-refractivity contribution in [3.63, 3.8) is 0 Å². The summed E-state index contributed by atoms with van der Waals surface area (Å²) in [5.74, 6) is -0.264. The van der Waals surface area contributed by atoms with Crippen molar-refractivity contribution >= 4 is 11.9 Å². The van der Waals surface area contributed by atoms with E-state index in [4.69, 9.17) is 5.11 Å². The number of carbonyl (C=O) groups excluding carboxylic acids is 1. The van der Waals surface area contributed by atoms with Crippen LogP contribution in [0.25, 0.3) is 0 Å². The van der Waals surface area contributed by atoms with Crippen LogP contribution in [-0.4, -0.2) is 60.5 Å². The van der Waals surface area contributed by atoms with Crippen molar-refractivity contribution < 1.29 is 14.7 Å². The van der Waals surface area contributed by atoms with E-state index in [0.29, 0.717) is 6.42 Å². The summed E-state index contributed by atoms with van der Waals surface area (Å²) < 4.78 is 0. The number of aliphatic carboxylic acids is 1. The number of likely N-dealkylation sites (tertiary alicyclic amines) is 1. The molecule has 0 aromatic heterocycles. The fourth-order valence-corrected chi connectivity index (χ4v) is 2.45. The van der Waals surface area contributed by atoms with Crippen molar-refractivity contribution in [2.75, 3.05) is 33.7 Å². The molecule has 18 heavy (non-hydrogen) atoms. The van der Waals surface area contributed by atoms with Crippen molar-refractivity contribution in [1.29, 1.82) is 0 Å². The van der Waals surface area contributed by atoms with Crippen LogP contribution in [0.2, 0.25) is 0 Å². The molecule has 0 saturated carbocycles. The van der Waals surface area contributed by atoms with Crippen LogP contribution in [0.3, 0.4) is 0 Å². The summed E-state index contributed by atoms with van der Waals surface area (Å²) in [6, 6.07) is 0. The van der Waals surface area contributed by atoms with E-state index < -0.39 is 5.97 Å². The summed E-state index contributed by atoms with van der Waals surface area (Å²) in [5, 5.41) is 8.79. The minimum Gasteiger partial charge on any atom is -0.481 e. The molecule has 0 radical (unpaired) electrons. The molecule has 1 heterocycles. The molecule has 1 rings (SSSR count). The van der Waals surface area contributed by atoms with Crippen LogP contribution >= 0.6 is 0 Å². The topological polar surface area (TPSA) is 60.9 Å². The Morgan fingerprint density at radius 2 is 2.11 bits per heavy atom. The Bertz CT molecular complexity index is 292. The van der Waals surface area contributed by atoms with Gasteiger partial charge in [-0.25, -0.2) is 0 Å². The van der Waals surface area contributed by atoms with Gasteiger partial charge in [0.25, 0.3) is 0 Å². The molecule has 1 fully saturated rings. The Hall–Kier alpha value is -1.10. The summed E-state index contributed by atoms with van der Waals surface area (Å²) in [4.78, 5) is 26.0. The lowest BCUT2D eigenvalue weighted by Crippen LogP contribution is -2.37. The van der Waals surface area contributed by atoms with E-state index in [-0.39, 0.29) is 18.2 Å². The molecule has 0 spiro atoms.